The van der Waals surface area contributed by atoms with E-state index in [1.165, 1.54) is 11.0 Å². The first kappa shape index (κ1) is 13.3. The van der Waals surface area contributed by atoms with Crippen molar-refractivity contribution >= 4 is 23.1 Å². The Bertz CT molecular complexity index is 642. The smallest absolute Gasteiger partial charge is 0.123 e. The van der Waals surface area contributed by atoms with Crippen LogP contribution in [0.15, 0.2) is 41.3 Å². The lowest BCUT2D eigenvalue weighted by atomic mass is 10.1. The summed E-state index contributed by atoms with van der Waals surface area (Å²) in [4.78, 5) is 3.53. The van der Waals surface area contributed by atoms with Crippen LogP contribution in [-0.2, 0) is 6.54 Å². The van der Waals surface area contributed by atoms with Gasteiger partial charge in [0.1, 0.15) is 5.82 Å². The summed E-state index contributed by atoms with van der Waals surface area (Å²) in [7, 11) is 0. The molecule has 0 aliphatic carbocycles. The molecule has 0 saturated carbocycles. The Morgan fingerprint density at radius 1 is 1.25 bits per heavy atom. The van der Waals surface area contributed by atoms with Gasteiger partial charge in [-0.1, -0.05) is 6.07 Å². The van der Waals surface area contributed by atoms with Gasteiger partial charge in [-0.25, -0.2) is 4.39 Å². The summed E-state index contributed by atoms with van der Waals surface area (Å²) in [6, 6.07) is 11.0. The van der Waals surface area contributed by atoms with Crippen LogP contribution in [0.25, 0.3) is 0 Å². The van der Waals surface area contributed by atoms with Crippen LogP contribution >= 0.6 is 11.8 Å². The van der Waals surface area contributed by atoms with Gasteiger partial charge in [0.05, 0.1) is 5.69 Å². The molecule has 0 radical (unpaired) electrons. The number of nitrogens with zero attached hydrogens (tertiary/aromatic N) is 1. The first-order valence-corrected chi connectivity index (χ1v) is 7.64. The number of nitrogen functional groups attached to an aromatic ring is 1. The molecule has 2 N–H and O–H groups in total. The molecule has 0 unspecified atom stereocenters. The van der Waals surface area contributed by atoms with E-state index in [2.05, 4.69) is 11.0 Å². The monoisotopic (exact) mass is 288 g/mol. The van der Waals surface area contributed by atoms with E-state index < -0.39 is 0 Å². The minimum Gasteiger partial charge on any atom is -0.399 e. The second kappa shape index (κ2) is 5.37. The number of hydrogen-bond donors (Lipinski definition) is 1. The number of fused-ring (bicyclic) bond motifs is 1. The molecule has 2 aromatic rings. The molecular formula is C16H17FN2S. The average molecular weight is 288 g/mol. The highest BCUT2D eigenvalue weighted by Crippen LogP contribution is 2.37. The van der Waals surface area contributed by atoms with Crippen molar-refractivity contribution in [2.24, 2.45) is 0 Å². The molecule has 0 atom stereocenters. The molecule has 1 heterocycles. The van der Waals surface area contributed by atoms with Gasteiger partial charge in [0.2, 0.25) is 0 Å². The van der Waals surface area contributed by atoms with E-state index in [1.54, 1.807) is 6.07 Å². The summed E-state index contributed by atoms with van der Waals surface area (Å²) >= 11 is 1.85. The van der Waals surface area contributed by atoms with E-state index in [4.69, 9.17) is 5.73 Å². The maximum Gasteiger partial charge on any atom is 0.123 e. The SMILES string of the molecule is Cc1ccc(F)cc1CN1CCSc2ccc(N)cc21. The quantitative estimate of drug-likeness (QED) is 0.852. The third-order valence-electron chi connectivity index (χ3n) is 3.61. The highest BCUT2D eigenvalue weighted by molar-refractivity contribution is 7.99. The molecule has 1 aliphatic rings. The van der Waals surface area contributed by atoms with E-state index in [1.807, 2.05) is 36.9 Å². The van der Waals surface area contributed by atoms with Gasteiger partial charge in [0.15, 0.2) is 0 Å². The summed E-state index contributed by atoms with van der Waals surface area (Å²) in [6.07, 6.45) is 0. The summed E-state index contributed by atoms with van der Waals surface area (Å²) in [5.41, 5.74) is 9.98. The van der Waals surface area contributed by atoms with E-state index in [9.17, 15) is 4.39 Å². The van der Waals surface area contributed by atoms with Crippen LogP contribution in [0.4, 0.5) is 15.8 Å². The number of rotatable bonds is 2. The molecule has 4 heteroatoms. The predicted molar refractivity (Wildman–Crippen MR) is 83.8 cm³/mol. The van der Waals surface area contributed by atoms with Gasteiger partial charge in [-0.3, -0.25) is 0 Å². The molecule has 2 aromatic carbocycles. The lowest BCUT2D eigenvalue weighted by Gasteiger charge is -2.31. The van der Waals surface area contributed by atoms with Gasteiger partial charge < -0.3 is 10.6 Å². The van der Waals surface area contributed by atoms with Crippen molar-refractivity contribution < 1.29 is 4.39 Å². The highest BCUT2D eigenvalue weighted by atomic mass is 32.2. The number of nitrogens with two attached hydrogens (primary N) is 1. The summed E-state index contributed by atoms with van der Waals surface area (Å²) in [5, 5.41) is 0. The largest absolute Gasteiger partial charge is 0.399 e. The molecule has 20 heavy (non-hydrogen) atoms. The van der Waals surface area contributed by atoms with Crippen LogP contribution < -0.4 is 10.6 Å². The van der Waals surface area contributed by atoms with Crippen LogP contribution in [0.1, 0.15) is 11.1 Å². The third kappa shape index (κ3) is 2.61. The zero-order valence-electron chi connectivity index (χ0n) is 11.4. The topological polar surface area (TPSA) is 29.3 Å². The highest BCUT2D eigenvalue weighted by Gasteiger charge is 2.18. The van der Waals surface area contributed by atoms with Crippen molar-refractivity contribution in [3.05, 3.63) is 53.3 Å². The maximum atomic E-state index is 13.4. The fourth-order valence-electron chi connectivity index (χ4n) is 2.47. The number of hydrogen-bond acceptors (Lipinski definition) is 3. The van der Waals surface area contributed by atoms with Crippen molar-refractivity contribution in [1.29, 1.82) is 0 Å². The Labute approximate surface area is 122 Å². The summed E-state index contributed by atoms with van der Waals surface area (Å²) in [6.45, 7) is 3.70. The van der Waals surface area contributed by atoms with Crippen molar-refractivity contribution in [3.8, 4) is 0 Å². The number of halogens is 1. The van der Waals surface area contributed by atoms with E-state index in [0.29, 0.717) is 0 Å². The maximum absolute atomic E-state index is 13.4. The van der Waals surface area contributed by atoms with E-state index >= 15 is 0 Å². The Morgan fingerprint density at radius 2 is 2.10 bits per heavy atom. The lowest BCUT2D eigenvalue weighted by molar-refractivity contribution is 0.623. The number of anilines is 2. The van der Waals surface area contributed by atoms with E-state index in [-0.39, 0.29) is 5.82 Å². The van der Waals surface area contributed by atoms with Gasteiger partial charge in [0, 0.05) is 29.4 Å². The van der Waals surface area contributed by atoms with Crippen molar-refractivity contribution in [3.63, 3.8) is 0 Å². The first-order chi connectivity index (χ1) is 9.63. The Morgan fingerprint density at radius 3 is 2.95 bits per heavy atom. The second-order valence-corrected chi connectivity index (χ2v) is 6.20. The molecule has 0 bridgehead atoms. The number of aryl methyl sites for hydroxylation is 1. The minimum atomic E-state index is -0.176. The number of thioether (sulfide) groups is 1. The Balaban J connectivity index is 1.93. The van der Waals surface area contributed by atoms with Crippen LogP contribution in [0.2, 0.25) is 0 Å². The second-order valence-electron chi connectivity index (χ2n) is 5.07. The van der Waals surface area contributed by atoms with Crippen molar-refractivity contribution in [2.45, 2.75) is 18.4 Å². The Hall–Kier alpha value is -1.68. The molecule has 0 amide bonds. The first-order valence-electron chi connectivity index (χ1n) is 6.66. The lowest BCUT2D eigenvalue weighted by Crippen LogP contribution is -2.29. The molecule has 3 rings (SSSR count). The molecule has 0 fully saturated rings. The van der Waals surface area contributed by atoms with Gasteiger partial charge in [-0.15, -0.1) is 11.8 Å². The molecule has 0 aromatic heterocycles. The molecule has 1 aliphatic heterocycles. The van der Waals surface area contributed by atoms with Crippen molar-refractivity contribution in [1.82, 2.24) is 0 Å². The standard InChI is InChI=1S/C16H17FN2S/c1-11-2-3-13(17)8-12(11)10-19-6-7-20-16-5-4-14(18)9-15(16)19/h2-5,8-9H,6-7,10,18H2,1H3. The normalized spacial score (nSPS) is 14.2. The van der Waals surface area contributed by atoms with Crippen LogP contribution in [-0.4, -0.2) is 12.3 Å². The molecule has 0 spiro atoms. The predicted octanol–water partition coefficient (Wildman–Crippen LogP) is 3.83. The molecular weight excluding hydrogens is 271 g/mol. The average Bonchev–Trinajstić information content (AvgIpc) is 2.43. The minimum absolute atomic E-state index is 0.176. The van der Waals surface area contributed by atoms with E-state index in [0.717, 1.165) is 41.3 Å². The van der Waals surface area contributed by atoms with Crippen LogP contribution in [0.3, 0.4) is 0 Å². The van der Waals surface area contributed by atoms with Gasteiger partial charge >= 0.3 is 0 Å². The molecule has 104 valence electrons. The third-order valence-corrected chi connectivity index (χ3v) is 4.66. The van der Waals surface area contributed by atoms with Crippen LogP contribution in [0.5, 0.6) is 0 Å². The zero-order chi connectivity index (χ0) is 14.1. The Kier molecular flexibility index (Phi) is 3.57. The van der Waals surface area contributed by atoms with Gasteiger partial charge in [-0.2, -0.15) is 0 Å². The molecule has 2 nitrogen and oxygen atoms in total. The van der Waals surface area contributed by atoms with Crippen molar-refractivity contribution in [2.75, 3.05) is 22.9 Å². The van der Waals surface area contributed by atoms with Gasteiger partial charge in [-0.05, 0) is 48.4 Å². The zero-order valence-corrected chi connectivity index (χ0v) is 12.2. The van der Waals surface area contributed by atoms with Crippen LogP contribution in [0, 0.1) is 12.7 Å². The summed E-state index contributed by atoms with van der Waals surface area (Å²) < 4.78 is 13.4. The fraction of sp³-hybridized carbons (Fsp3) is 0.250. The fourth-order valence-corrected chi connectivity index (χ4v) is 3.50. The molecule has 0 saturated heterocycles. The van der Waals surface area contributed by atoms with Gasteiger partial charge in [0.25, 0.3) is 0 Å². The summed E-state index contributed by atoms with van der Waals surface area (Å²) in [5.74, 6) is 0.871. The number of benzene rings is 2.